The van der Waals surface area contributed by atoms with E-state index in [1.54, 1.807) is 5.01 Å². The Kier molecular flexibility index (Phi) is 6.72. The number of benzene rings is 1. The first-order chi connectivity index (χ1) is 11.6. The molecule has 0 fully saturated rings. The molecule has 0 atom stereocenters. The van der Waals surface area contributed by atoms with Crippen molar-refractivity contribution < 1.29 is 14.8 Å². The minimum Gasteiger partial charge on any atom is -0.395 e. The van der Waals surface area contributed by atoms with Gasteiger partial charge in [0.05, 0.1) is 25.1 Å². The van der Waals surface area contributed by atoms with E-state index in [2.05, 4.69) is 5.10 Å². The average Bonchev–Trinajstić information content (AvgIpc) is 2.61. The molecule has 0 spiro atoms. The molecule has 0 aliphatic heterocycles. The Bertz CT molecular complexity index is 635. The molecule has 0 radical (unpaired) electrons. The van der Waals surface area contributed by atoms with Gasteiger partial charge in [-0.3, -0.25) is 5.01 Å². The van der Waals surface area contributed by atoms with Gasteiger partial charge in [-0.1, -0.05) is 0 Å². The van der Waals surface area contributed by atoms with Crippen LogP contribution in [0, 0.1) is 0 Å². The van der Waals surface area contributed by atoms with Gasteiger partial charge in [0, 0.05) is 43.5 Å². The second kappa shape index (κ2) is 9.00. The van der Waals surface area contributed by atoms with Gasteiger partial charge in [-0.15, -0.1) is 0 Å². The van der Waals surface area contributed by atoms with Gasteiger partial charge in [-0.05, 0) is 24.3 Å². The lowest BCUT2D eigenvalue weighted by atomic mass is 10.2. The third kappa shape index (κ3) is 5.04. The third-order valence-electron chi connectivity index (χ3n) is 3.71. The maximum absolute atomic E-state index is 9.11. The predicted octanol–water partition coefficient (Wildman–Crippen LogP) is 0.772. The van der Waals surface area contributed by atoms with Crippen molar-refractivity contribution in [1.29, 1.82) is 0 Å². The monoisotopic (exact) mass is 329 g/mol. The molecule has 2 rings (SSSR count). The highest BCUT2D eigenvalue weighted by Crippen LogP contribution is 2.20. The van der Waals surface area contributed by atoms with Gasteiger partial charge in [0.1, 0.15) is 7.05 Å². The van der Waals surface area contributed by atoms with Gasteiger partial charge < -0.3 is 15.1 Å². The molecule has 0 bridgehead atoms. The number of nitrogens with zero attached hydrogens (tertiary/aromatic N) is 4. The minimum absolute atomic E-state index is 0.0563. The zero-order valence-electron chi connectivity index (χ0n) is 14.2. The van der Waals surface area contributed by atoms with E-state index in [4.69, 9.17) is 10.2 Å². The Hall–Kier alpha value is -2.44. The Labute approximate surface area is 142 Å². The van der Waals surface area contributed by atoms with Crippen molar-refractivity contribution in [3.63, 3.8) is 0 Å². The second-order valence-corrected chi connectivity index (χ2v) is 5.52. The molecule has 1 aromatic heterocycles. The number of aliphatic hydroxyl groups is 2. The van der Waals surface area contributed by atoms with Crippen LogP contribution < -0.4 is 14.5 Å². The molecule has 128 valence electrons. The van der Waals surface area contributed by atoms with E-state index >= 15 is 0 Å². The zero-order chi connectivity index (χ0) is 17.4. The van der Waals surface area contributed by atoms with Crippen molar-refractivity contribution in [2.24, 2.45) is 12.1 Å². The van der Waals surface area contributed by atoms with Gasteiger partial charge >= 0.3 is 0 Å². The Balaban J connectivity index is 2.04. The number of pyridine rings is 1. The van der Waals surface area contributed by atoms with Crippen LogP contribution in [-0.4, -0.2) is 49.8 Å². The molecule has 6 heteroatoms. The van der Waals surface area contributed by atoms with Crippen molar-refractivity contribution in [2.75, 3.05) is 43.3 Å². The molecule has 24 heavy (non-hydrogen) atoms. The smallest absolute Gasteiger partial charge is 0.169 e. The topological polar surface area (TPSA) is 63.2 Å². The van der Waals surface area contributed by atoms with E-state index < -0.39 is 0 Å². The number of anilines is 2. The summed E-state index contributed by atoms with van der Waals surface area (Å²) in [4.78, 5) is 1.94. The quantitative estimate of drug-likeness (QED) is 0.427. The highest BCUT2D eigenvalue weighted by molar-refractivity contribution is 5.79. The summed E-state index contributed by atoms with van der Waals surface area (Å²) in [6.45, 7) is 1.11. The maximum Gasteiger partial charge on any atom is 0.169 e. The van der Waals surface area contributed by atoms with Crippen molar-refractivity contribution in [2.45, 2.75) is 0 Å². The number of rotatable bonds is 8. The van der Waals surface area contributed by atoms with E-state index in [0.717, 1.165) is 16.9 Å². The molecule has 0 amide bonds. The Morgan fingerprint density at radius 1 is 0.958 bits per heavy atom. The van der Waals surface area contributed by atoms with E-state index in [-0.39, 0.29) is 13.2 Å². The van der Waals surface area contributed by atoms with E-state index in [1.807, 2.05) is 78.6 Å². The average molecular weight is 329 g/mol. The van der Waals surface area contributed by atoms with Gasteiger partial charge in [-0.25, -0.2) is 4.57 Å². The van der Waals surface area contributed by atoms with Crippen LogP contribution in [0.3, 0.4) is 0 Å². The van der Waals surface area contributed by atoms with Crippen LogP contribution in [0.2, 0.25) is 0 Å². The van der Waals surface area contributed by atoms with Gasteiger partial charge in [0.15, 0.2) is 12.4 Å². The zero-order valence-corrected chi connectivity index (χ0v) is 14.2. The SMILES string of the molecule is CN(N=Cc1cc[n+](C)cc1)c1ccc(N(CCO)CCO)cc1. The summed E-state index contributed by atoms with van der Waals surface area (Å²) in [5, 5.41) is 24.5. The molecule has 0 aliphatic rings. The summed E-state index contributed by atoms with van der Waals surface area (Å²) in [6, 6.07) is 11.9. The molecule has 1 heterocycles. The summed E-state index contributed by atoms with van der Waals surface area (Å²) in [6.07, 6.45) is 5.78. The number of hydrazone groups is 1. The molecular weight excluding hydrogens is 304 g/mol. The second-order valence-electron chi connectivity index (χ2n) is 5.52. The van der Waals surface area contributed by atoms with Crippen molar-refractivity contribution in [1.82, 2.24) is 0 Å². The van der Waals surface area contributed by atoms with Crippen LogP contribution >= 0.6 is 0 Å². The number of aliphatic hydroxyl groups excluding tert-OH is 2. The molecule has 1 aromatic carbocycles. The molecule has 0 saturated heterocycles. The summed E-state index contributed by atoms with van der Waals surface area (Å²) < 4.78 is 1.98. The normalized spacial score (nSPS) is 11.0. The van der Waals surface area contributed by atoms with Crippen LogP contribution in [0.4, 0.5) is 11.4 Å². The summed E-state index contributed by atoms with van der Waals surface area (Å²) in [5.41, 5.74) is 2.97. The summed E-state index contributed by atoms with van der Waals surface area (Å²) in [7, 11) is 3.87. The predicted molar refractivity (Wildman–Crippen MR) is 96.4 cm³/mol. The lowest BCUT2D eigenvalue weighted by Crippen LogP contribution is -2.29. The molecule has 0 unspecified atom stereocenters. The minimum atomic E-state index is 0.0563. The first kappa shape index (κ1) is 17.9. The van der Waals surface area contributed by atoms with Crippen LogP contribution in [0.1, 0.15) is 5.56 Å². The van der Waals surface area contributed by atoms with Gasteiger partial charge in [-0.2, -0.15) is 5.10 Å². The highest BCUT2D eigenvalue weighted by atomic mass is 16.3. The molecule has 2 N–H and O–H groups in total. The van der Waals surface area contributed by atoms with E-state index in [0.29, 0.717) is 13.1 Å². The Morgan fingerprint density at radius 3 is 2.04 bits per heavy atom. The van der Waals surface area contributed by atoms with Crippen molar-refractivity contribution in [3.8, 4) is 0 Å². The summed E-state index contributed by atoms with van der Waals surface area (Å²) >= 11 is 0. The van der Waals surface area contributed by atoms with Crippen LogP contribution in [0.15, 0.2) is 53.9 Å². The maximum atomic E-state index is 9.11. The number of hydrogen-bond donors (Lipinski definition) is 2. The fourth-order valence-electron chi connectivity index (χ4n) is 2.31. The molecular formula is C18H25N4O2+. The van der Waals surface area contributed by atoms with Crippen molar-refractivity contribution >= 4 is 17.6 Å². The molecule has 0 aliphatic carbocycles. The highest BCUT2D eigenvalue weighted by Gasteiger charge is 2.06. The Morgan fingerprint density at radius 2 is 1.50 bits per heavy atom. The molecule has 0 saturated carbocycles. The number of aromatic nitrogens is 1. The van der Waals surface area contributed by atoms with E-state index in [9.17, 15) is 0 Å². The van der Waals surface area contributed by atoms with E-state index in [1.165, 1.54) is 0 Å². The fourth-order valence-corrected chi connectivity index (χ4v) is 2.31. The molecule has 2 aromatic rings. The first-order valence-corrected chi connectivity index (χ1v) is 7.94. The number of hydrogen-bond acceptors (Lipinski definition) is 5. The van der Waals surface area contributed by atoms with Crippen molar-refractivity contribution in [3.05, 3.63) is 54.4 Å². The largest absolute Gasteiger partial charge is 0.395 e. The van der Waals surface area contributed by atoms with Gasteiger partial charge in [0.25, 0.3) is 0 Å². The lowest BCUT2D eigenvalue weighted by molar-refractivity contribution is -0.671. The molecule has 6 nitrogen and oxygen atoms in total. The van der Waals surface area contributed by atoms with Gasteiger partial charge in [0.2, 0.25) is 0 Å². The summed E-state index contributed by atoms with van der Waals surface area (Å²) in [5.74, 6) is 0. The van der Waals surface area contributed by atoms with Crippen LogP contribution in [0.5, 0.6) is 0 Å². The number of aryl methyl sites for hydroxylation is 1. The fraction of sp³-hybridized carbons (Fsp3) is 0.333. The first-order valence-electron chi connectivity index (χ1n) is 7.94. The lowest BCUT2D eigenvalue weighted by Gasteiger charge is -2.23. The van der Waals surface area contributed by atoms with Crippen LogP contribution in [0.25, 0.3) is 0 Å². The third-order valence-corrected chi connectivity index (χ3v) is 3.71. The standard InChI is InChI=1S/C18H25N4O2/c1-20-9-7-16(8-10-20)15-19-21(2)17-3-5-18(6-4-17)22(11-13-23)12-14-24/h3-10,15,23-24H,11-14H2,1-2H3/q+1. The van der Waals surface area contributed by atoms with Crippen LogP contribution in [-0.2, 0) is 7.05 Å².